The minimum atomic E-state index is -0.660. The number of aryl methyl sites for hydroxylation is 3. The molecule has 0 fully saturated rings. The Morgan fingerprint density at radius 2 is 2.00 bits per heavy atom. The lowest BCUT2D eigenvalue weighted by atomic mass is 10.1. The number of nitrogens with zero attached hydrogens (tertiary/aromatic N) is 3. The third-order valence-corrected chi connectivity index (χ3v) is 5.40. The highest BCUT2D eigenvalue weighted by Crippen LogP contribution is 2.16. The van der Waals surface area contributed by atoms with Gasteiger partial charge in [-0.05, 0) is 38.5 Å². The summed E-state index contributed by atoms with van der Waals surface area (Å²) in [6.07, 6.45) is 4.10. The van der Waals surface area contributed by atoms with E-state index in [1.165, 1.54) is 18.3 Å². The van der Waals surface area contributed by atoms with Crippen molar-refractivity contribution in [1.29, 1.82) is 0 Å². The summed E-state index contributed by atoms with van der Waals surface area (Å²) in [6.45, 7) is 3.68. The Hall–Kier alpha value is -2.71. The number of nitrogens with one attached hydrogen (secondary N) is 1. The van der Waals surface area contributed by atoms with Gasteiger partial charge in [-0.25, -0.2) is 14.4 Å². The summed E-state index contributed by atoms with van der Waals surface area (Å²) in [7, 11) is 0. The van der Waals surface area contributed by atoms with Gasteiger partial charge in [0.1, 0.15) is 11.5 Å². The number of hydrogen-bond acceptors (Lipinski definition) is 6. The van der Waals surface area contributed by atoms with Crippen LogP contribution >= 0.6 is 22.9 Å². The standard InChI is InChI=1S/C20H18ClFN4O2S/c1-11-17(9-25-20(28)15-7-13(21)3-5-16(15)22)24-10-18(26-11)19(27)6-4-14-8-23-12(2)29-14/h3,5,7-8,10H,4,6,9H2,1-2H3,(H,25,28). The smallest absolute Gasteiger partial charge is 0.254 e. The molecule has 6 nitrogen and oxygen atoms in total. The second-order valence-corrected chi connectivity index (χ2v) is 8.12. The summed E-state index contributed by atoms with van der Waals surface area (Å²) >= 11 is 7.38. The van der Waals surface area contributed by atoms with Crippen LogP contribution in [0.3, 0.4) is 0 Å². The number of rotatable bonds is 7. The summed E-state index contributed by atoms with van der Waals surface area (Å²) in [5.41, 5.74) is 1.15. The summed E-state index contributed by atoms with van der Waals surface area (Å²) < 4.78 is 13.8. The van der Waals surface area contributed by atoms with Gasteiger partial charge in [-0.1, -0.05) is 11.6 Å². The summed E-state index contributed by atoms with van der Waals surface area (Å²) in [5.74, 6) is -1.37. The van der Waals surface area contributed by atoms with E-state index in [9.17, 15) is 14.0 Å². The van der Waals surface area contributed by atoms with Crippen molar-refractivity contribution in [3.8, 4) is 0 Å². The fourth-order valence-electron chi connectivity index (χ4n) is 2.63. The molecule has 0 unspecified atom stereocenters. The van der Waals surface area contributed by atoms with Crippen molar-refractivity contribution in [2.75, 3.05) is 0 Å². The maximum atomic E-state index is 13.8. The zero-order valence-corrected chi connectivity index (χ0v) is 17.4. The topological polar surface area (TPSA) is 84.8 Å². The second kappa shape index (κ2) is 9.19. The second-order valence-electron chi connectivity index (χ2n) is 6.36. The Morgan fingerprint density at radius 3 is 2.69 bits per heavy atom. The monoisotopic (exact) mass is 432 g/mol. The first-order valence-corrected chi connectivity index (χ1v) is 10.0. The van der Waals surface area contributed by atoms with Gasteiger partial charge in [0, 0.05) is 22.5 Å². The molecule has 9 heteroatoms. The molecular formula is C20H18ClFN4O2S. The van der Waals surface area contributed by atoms with Gasteiger partial charge in [-0.15, -0.1) is 11.3 Å². The van der Waals surface area contributed by atoms with Crippen molar-refractivity contribution in [2.45, 2.75) is 33.2 Å². The van der Waals surface area contributed by atoms with E-state index in [1.807, 2.05) is 6.92 Å². The molecule has 0 saturated heterocycles. The molecule has 1 amide bonds. The number of halogens is 2. The SMILES string of the molecule is Cc1ncc(CCC(=O)c2cnc(CNC(=O)c3cc(Cl)ccc3F)c(C)n2)s1. The van der Waals surface area contributed by atoms with Gasteiger partial charge < -0.3 is 5.32 Å². The minimum Gasteiger partial charge on any atom is -0.346 e. The Labute approximate surface area is 176 Å². The molecule has 0 radical (unpaired) electrons. The molecule has 1 N–H and O–H groups in total. The Balaban J connectivity index is 1.61. The lowest BCUT2D eigenvalue weighted by Gasteiger charge is -2.09. The number of amides is 1. The first kappa shape index (κ1) is 21.0. The molecule has 0 bridgehead atoms. The van der Waals surface area contributed by atoms with Crippen LogP contribution in [0.25, 0.3) is 0 Å². The fraction of sp³-hybridized carbons (Fsp3) is 0.250. The molecule has 3 rings (SSSR count). The van der Waals surface area contributed by atoms with Crippen LogP contribution in [-0.4, -0.2) is 26.6 Å². The highest BCUT2D eigenvalue weighted by molar-refractivity contribution is 7.11. The summed E-state index contributed by atoms with van der Waals surface area (Å²) in [5, 5.41) is 3.82. The number of Topliss-reactive ketones (excluding diaryl/α,β-unsaturated/α-hetero) is 1. The third-order valence-electron chi connectivity index (χ3n) is 4.19. The minimum absolute atomic E-state index is 0.0538. The van der Waals surface area contributed by atoms with Crippen LogP contribution < -0.4 is 5.32 Å². The maximum absolute atomic E-state index is 13.8. The average molecular weight is 433 g/mol. The van der Waals surface area contributed by atoms with Crippen LogP contribution in [0.4, 0.5) is 4.39 Å². The predicted octanol–water partition coefficient (Wildman–Crippen LogP) is 4.09. The number of aromatic nitrogens is 3. The first-order valence-electron chi connectivity index (χ1n) is 8.83. The predicted molar refractivity (Wildman–Crippen MR) is 109 cm³/mol. The normalized spacial score (nSPS) is 10.8. The number of ketones is 1. The molecule has 150 valence electrons. The zero-order chi connectivity index (χ0) is 21.0. The van der Waals surface area contributed by atoms with E-state index < -0.39 is 11.7 Å². The molecule has 0 spiro atoms. The molecule has 0 saturated carbocycles. The summed E-state index contributed by atoms with van der Waals surface area (Å²) in [4.78, 5) is 38.3. The van der Waals surface area contributed by atoms with Gasteiger partial charge in [0.25, 0.3) is 5.91 Å². The third kappa shape index (κ3) is 5.42. The molecule has 0 atom stereocenters. The van der Waals surface area contributed by atoms with Crippen LogP contribution in [-0.2, 0) is 13.0 Å². The quantitative estimate of drug-likeness (QED) is 0.568. The molecule has 0 aliphatic heterocycles. The Kier molecular flexibility index (Phi) is 6.66. The van der Waals surface area contributed by atoms with Gasteiger partial charge in [-0.3, -0.25) is 14.6 Å². The van der Waals surface area contributed by atoms with Crippen LogP contribution in [0.15, 0.2) is 30.6 Å². The molecular weight excluding hydrogens is 415 g/mol. The van der Waals surface area contributed by atoms with Crippen molar-refractivity contribution < 1.29 is 14.0 Å². The van der Waals surface area contributed by atoms with E-state index >= 15 is 0 Å². The van der Waals surface area contributed by atoms with Crippen LogP contribution in [0.2, 0.25) is 5.02 Å². The zero-order valence-electron chi connectivity index (χ0n) is 15.8. The fourth-order valence-corrected chi connectivity index (χ4v) is 3.60. The lowest BCUT2D eigenvalue weighted by Crippen LogP contribution is -2.25. The van der Waals surface area contributed by atoms with E-state index in [4.69, 9.17) is 11.6 Å². The lowest BCUT2D eigenvalue weighted by molar-refractivity contribution is 0.0943. The van der Waals surface area contributed by atoms with Crippen molar-refractivity contribution in [1.82, 2.24) is 20.3 Å². The number of hydrogen-bond donors (Lipinski definition) is 1. The molecule has 0 aliphatic rings. The number of carbonyl (C=O) groups is 2. The van der Waals surface area contributed by atoms with Crippen LogP contribution in [0, 0.1) is 19.7 Å². The van der Waals surface area contributed by atoms with E-state index in [1.54, 1.807) is 24.5 Å². The summed E-state index contributed by atoms with van der Waals surface area (Å²) in [6, 6.07) is 3.77. The number of benzene rings is 1. The van der Waals surface area contributed by atoms with Crippen molar-refractivity contribution in [2.24, 2.45) is 0 Å². The van der Waals surface area contributed by atoms with Crippen LogP contribution in [0.1, 0.15) is 48.5 Å². The molecule has 0 aliphatic carbocycles. The van der Waals surface area contributed by atoms with E-state index in [0.29, 0.717) is 24.2 Å². The number of carbonyl (C=O) groups excluding carboxylic acids is 2. The van der Waals surface area contributed by atoms with Gasteiger partial charge in [0.2, 0.25) is 0 Å². The van der Waals surface area contributed by atoms with E-state index in [-0.39, 0.29) is 28.6 Å². The Bertz CT molecular complexity index is 1070. The van der Waals surface area contributed by atoms with Crippen molar-refractivity contribution in [3.63, 3.8) is 0 Å². The molecule has 1 aromatic carbocycles. The maximum Gasteiger partial charge on any atom is 0.254 e. The van der Waals surface area contributed by atoms with Gasteiger partial charge >= 0.3 is 0 Å². The molecule has 2 aromatic heterocycles. The van der Waals surface area contributed by atoms with Crippen molar-refractivity contribution >= 4 is 34.6 Å². The largest absolute Gasteiger partial charge is 0.346 e. The highest BCUT2D eigenvalue weighted by Gasteiger charge is 2.15. The average Bonchev–Trinajstić information content (AvgIpc) is 3.12. The van der Waals surface area contributed by atoms with Gasteiger partial charge in [-0.2, -0.15) is 0 Å². The number of thiazole rings is 1. The molecule has 2 heterocycles. The Morgan fingerprint density at radius 1 is 1.21 bits per heavy atom. The highest BCUT2D eigenvalue weighted by atomic mass is 35.5. The van der Waals surface area contributed by atoms with E-state index in [2.05, 4.69) is 20.3 Å². The van der Waals surface area contributed by atoms with Gasteiger partial charge in [0.05, 0.1) is 34.7 Å². The van der Waals surface area contributed by atoms with E-state index in [0.717, 1.165) is 16.0 Å². The van der Waals surface area contributed by atoms with Crippen molar-refractivity contribution in [3.05, 3.63) is 74.0 Å². The van der Waals surface area contributed by atoms with Gasteiger partial charge in [0.15, 0.2) is 5.78 Å². The first-order chi connectivity index (χ1) is 13.8. The van der Waals surface area contributed by atoms with Crippen LogP contribution in [0.5, 0.6) is 0 Å². The molecule has 3 aromatic rings. The molecule has 29 heavy (non-hydrogen) atoms.